The highest BCUT2D eigenvalue weighted by Gasteiger charge is 2.23. The van der Waals surface area contributed by atoms with Crippen molar-refractivity contribution in [3.63, 3.8) is 0 Å². The van der Waals surface area contributed by atoms with Crippen LogP contribution in [0.3, 0.4) is 0 Å². The zero-order valence-electron chi connectivity index (χ0n) is 11.8. The average molecular weight is 328 g/mol. The zero-order chi connectivity index (χ0) is 14.7. The fourth-order valence-electron chi connectivity index (χ4n) is 1.77. The first kappa shape index (κ1) is 15.4. The van der Waals surface area contributed by atoms with E-state index in [9.17, 15) is 4.79 Å². The van der Waals surface area contributed by atoms with Gasteiger partial charge in [0.2, 0.25) is 0 Å². The van der Waals surface area contributed by atoms with E-state index in [0.29, 0.717) is 12.1 Å². The fourth-order valence-corrected chi connectivity index (χ4v) is 4.04. The lowest BCUT2D eigenvalue weighted by atomic mass is 10.3. The molecule has 0 atom stereocenters. The van der Waals surface area contributed by atoms with E-state index < -0.39 is 0 Å². The lowest BCUT2D eigenvalue weighted by molar-refractivity contribution is 0.0776. The number of hydrogen-bond donors (Lipinski definition) is 0. The summed E-state index contributed by atoms with van der Waals surface area (Å²) in [6.45, 7) is 0.497. The van der Waals surface area contributed by atoms with Crippen molar-refractivity contribution >= 4 is 41.0 Å². The number of hydrogen-bond acceptors (Lipinski definition) is 6. The molecule has 20 heavy (non-hydrogen) atoms. The molecule has 0 saturated carbocycles. The van der Waals surface area contributed by atoms with Crippen molar-refractivity contribution in [2.24, 2.45) is 7.05 Å². The Hall–Kier alpha value is -0.990. The maximum Gasteiger partial charge on any atom is 0.258 e. The zero-order valence-corrected chi connectivity index (χ0v) is 14.2. The molecule has 0 aliphatic heterocycles. The molecule has 0 N–H and O–H groups in total. The van der Waals surface area contributed by atoms with Gasteiger partial charge >= 0.3 is 0 Å². The van der Waals surface area contributed by atoms with Crippen LogP contribution >= 0.6 is 35.1 Å². The molecule has 0 bridgehead atoms. The fraction of sp³-hybridized carbons (Fsp3) is 0.417. The Morgan fingerprint density at radius 3 is 2.75 bits per heavy atom. The Morgan fingerprint density at radius 1 is 1.45 bits per heavy atom. The van der Waals surface area contributed by atoms with E-state index in [2.05, 4.69) is 9.47 Å². The highest BCUT2D eigenvalue weighted by molar-refractivity contribution is 8.01. The van der Waals surface area contributed by atoms with E-state index >= 15 is 0 Å². The number of rotatable bonds is 5. The predicted octanol–water partition coefficient (Wildman–Crippen LogP) is 2.59. The largest absolute Gasteiger partial charge is 0.336 e. The maximum absolute atomic E-state index is 12.6. The SMILES string of the molecule is CSc1nsc(SC)c1C(=O)N(C)Cc1ccn(C)n1. The van der Waals surface area contributed by atoms with Crippen LogP contribution in [0, 0.1) is 0 Å². The molecule has 108 valence electrons. The minimum Gasteiger partial charge on any atom is -0.336 e. The van der Waals surface area contributed by atoms with Crippen LogP contribution in [0.1, 0.15) is 16.1 Å². The van der Waals surface area contributed by atoms with E-state index in [0.717, 1.165) is 14.9 Å². The molecule has 2 rings (SSSR count). The lowest BCUT2D eigenvalue weighted by Crippen LogP contribution is -2.27. The van der Waals surface area contributed by atoms with Crippen molar-refractivity contribution in [3.05, 3.63) is 23.5 Å². The topological polar surface area (TPSA) is 51.0 Å². The quantitative estimate of drug-likeness (QED) is 0.790. The molecule has 8 heteroatoms. The third-order valence-corrected chi connectivity index (χ3v) is 5.48. The van der Waals surface area contributed by atoms with Gasteiger partial charge in [-0.3, -0.25) is 9.48 Å². The second-order valence-electron chi connectivity index (χ2n) is 4.20. The van der Waals surface area contributed by atoms with Gasteiger partial charge in [0, 0.05) is 20.3 Å². The Kier molecular flexibility index (Phi) is 5.11. The smallest absolute Gasteiger partial charge is 0.258 e. The summed E-state index contributed by atoms with van der Waals surface area (Å²) in [5.74, 6) is -0.00176. The second kappa shape index (κ2) is 6.64. The standard InChI is InChI=1S/C12H16N4OS3/c1-15(7-8-5-6-16(2)13-8)11(17)9-10(18-3)14-20-12(9)19-4/h5-6H,7H2,1-4H3. The monoisotopic (exact) mass is 328 g/mol. The summed E-state index contributed by atoms with van der Waals surface area (Å²) < 4.78 is 7.04. The van der Waals surface area contributed by atoms with Gasteiger partial charge in [0.25, 0.3) is 5.91 Å². The molecule has 0 unspecified atom stereocenters. The first-order valence-corrected chi connectivity index (χ1v) is 9.10. The van der Waals surface area contributed by atoms with Gasteiger partial charge in [-0.15, -0.1) is 23.5 Å². The summed E-state index contributed by atoms with van der Waals surface area (Å²) >= 11 is 4.45. The van der Waals surface area contributed by atoms with Gasteiger partial charge in [-0.1, -0.05) is 0 Å². The molecular weight excluding hydrogens is 312 g/mol. The summed E-state index contributed by atoms with van der Waals surface area (Å²) in [6.07, 6.45) is 5.78. The van der Waals surface area contributed by atoms with Crippen molar-refractivity contribution in [2.45, 2.75) is 15.8 Å². The molecule has 0 saturated heterocycles. The number of thioether (sulfide) groups is 2. The second-order valence-corrected chi connectivity index (χ2v) is 6.84. The number of amides is 1. The average Bonchev–Trinajstić information content (AvgIpc) is 3.03. The van der Waals surface area contributed by atoms with Gasteiger partial charge in [0.05, 0.1) is 22.0 Å². The summed E-state index contributed by atoms with van der Waals surface area (Å²) in [4.78, 5) is 14.3. The molecule has 2 heterocycles. The first-order chi connectivity index (χ1) is 9.56. The van der Waals surface area contributed by atoms with Gasteiger partial charge in [0.15, 0.2) is 0 Å². The van der Waals surface area contributed by atoms with Crippen LogP contribution in [0.5, 0.6) is 0 Å². The summed E-state index contributed by atoms with van der Waals surface area (Å²) in [7, 11) is 3.66. The minimum atomic E-state index is -0.00176. The molecule has 2 aromatic rings. The molecule has 0 aromatic carbocycles. The van der Waals surface area contributed by atoms with Crippen LogP contribution in [0.2, 0.25) is 0 Å². The van der Waals surface area contributed by atoms with E-state index in [1.54, 1.807) is 28.4 Å². The van der Waals surface area contributed by atoms with Crippen LogP contribution in [-0.4, -0.2) is 44.5 Å². The summed E-state index contributed by atoms with van der Waals surface area (Å²) in [5.41, 5.74) is 1.59. The molecule has 0 fully saturated rings. The first-order valence-electron chi connectivity index (χ1n) is 5.88. The number of carbonyl (C=O) groups excluding carboxylic acids is 1. The highest BCUT2D eigenvalue weighted by atomic mass is 32.2. The van der Waals surface area contributed by atoms with Gasteiger partial charge in [-0.05, 0) is 30.1 Å². The maximum atomic E-state index is 12.6. The van der Waals surface area contributed by atoms with Crippen LogP contribution in [0.4, 0.5) is 0 Å². The number of carbonyl (C=O) groups is 1. The van der Waals surface area contributed by atoms with Gasteiger partial charge in [-0.25, -0.2) is 0 Å². The Morgan fingerprint density at radius 2 is 2.20 bits per heavy atom. The lowest BCUT2D eigenvalue weighted by Gasteiger charge is -2.16. The molecule has 5 nitrogen and oxygen atoms in total. The van der Waals surface area contributed by atoms with Gasteiger partial charge in [-0.2, -0.15) is 9.47 Å². The third-order valence-electron chi connectivity index (χ3n) is 2.74. The number of aryl methyl sites for hydroxylation is 1. The molecule has 2 aromatic heterocycles. The van der Waals surface area contributed by atoms with Crippen LogP contribution in [0.15, 0.2) is 21.5 Å². The molecule has 0 aliphatic rings. The van der Waals surface area contributed by atoms with Crippen molar-refractivity contribution < 1.29 is 4.79 Å². The van der Waals surface area contributed by atoms with Crippen molar-refractivity contribution in [1.29, 1.82) is 0 Å². The Labute approximate surface area is 130 Å². The Bertz CT molecular complexity index is 586. The number of aromatic nitrogens is 3. The van der Waals surface area contributed by atoms with E-state index in [1.807, 2.05) is 31.8 Å². The molecular formula is C12H16N4OS3. The third kappa shape index (κ3) is 3.18. The van der Waals surface area contributed by atoms with Crippen LogP contribution in [-0.2, 0) is 13.6 Å². The van der Waals surface area contributed by atoms with Gasteiger partial charge in [0.1, 0.15) is 5.03 Å². The summed E-state index contributed by atoms with van der Waals surface area (Å²) in [6, 6.07) is 1.92. The molecule has 0 aliphatic carbocycles. The van der Waals surface area contributed by atoms with Crippen LogP contribution in [0.25, 0.3) is 0 Å². The van der Waals surface area contributed by atoms with Crippen molar-refractivity contribution in [1.82, 2.24) is 19.1 Å². The van der Waals surface area contributed by atoms with Crippen molar-refractivity contribution in [2.75, 3.05) is 19.6 Å². The van der Waals surface area contributed by atoms with E-state index in [1.165, 1.54) is 23.3 Å². The van der Waals surface area contributed by atoms with Crippen LogP contribution < -0.4 is 0 Å². The van der Waals surface area contributed by atoms with E-state index in [4.69, 9.17) is 0 Å². The normalized spacial score (nSPS) is 10.8. The molecule has 0 spiro atoms. The highest BCUT2D eigenvalue weighted by Crippen LogP contribution is 2.33. The Balaban J connectivity index is 2.20. The van der Waals surface area contributed by atoms with E-state index in [-0.39, 0.29) is 5.91 Å². The molecule has 1 amide bonds. The van der Waals surface area contributed by atoms with Gasteiger partial charge < -0.3 is 4.90 Å². The van der Waals surface area contributed by atoms with Crippen molar-refractivity contribution in [3.8, 4) is 0 Å². The predicted molar refractivity (Wildman–Crippen MR) is 84.7 cm³/mol. The number of nitrogens with zero attached hydrogens (tertiary/aromatic N) is 4. The minimum absolute atomic E-state index is 0.00176. The summed E-state index contributed by atoms with van der Waals surface area (Å²) in [5, 5.41) is 5.10. The molecule has 0 radical (unpaired) electrons.